The second-order valence-electron chi connectivity index (χ2n) is 4.46. The van der Waals surface area contributed by atoms with Crippen LogP contribution in [0.15, 0.2) is 29.2 Å². The van der Waals surface area contributed by atoms with Crippen molar-refractivity contribution in [2.24, 2.45) is 0 Å². The van der Waals surface area contributed by atoms with Crippen LogP contribution in [0.5, 0.6) is 0 Å². The Morgan fingerprint density at radius 1 is 1.48 bits per heavy atom. The summed E-state index contributed by atoms with van der Waals surface area (Å²) in [6.45, 7) is 6.93. The first-order valence-electron chi connectivity index (χ1n) is 5.98. The van der Waals surface area contributed by atoms with Gasteiger partial charge in [0.05, 0.1) is 5.56 Å². The van der Waals surface area contributed by atoms with E-state index in [0.29, 0.717) is 5.57 Å². The van der Waals surface area contributed by atoms with Gasteiger partial charge in [-0.1, -0.05) is 30.7 Å². The molecule has 0 aliphatic rings. The highest BCUT2D eigenvalue weighted by Crippen LogP contribution is 2.26. The zero-order chi connectivity index (χ0) is 16.4. The van der Waals surface area contributed by atoms with E-state index in [1.807, 2.05) is 0 Å². The number of sulfonamides is 1. The van der Waals surface area contributed by atoms with Gasteiger partial charge in [0, 0.05) is 18.1 Å². The van der Waals surface area contributed by atoms with Crippen LogP contribution in [0.25, 0.3) is 0 Å². The molecule has 8 heteroatoms. The zero-order valence-electron chi connectivity index (χ0n) is 11.6. The first kappa shape index (κ1) is 17.6. The largest absolute Gasteiger partial charge is 0.478 e. The van der Waals surface area contributed by atoms with E-state index in [1.54, 1.807) is 13.8 Å². The van der Waals surface area contributed by atoms with Gasteiger partial charge in [-0.05, 0) is 19.1 Å². The molecule has 0 atom stereocenters. The van der Waals surface area contributed by atoms with Crippen LogP contribution in [-0.2, 0) is 10.0 Å². The van der Waals surface area contributed by atoms with Crippen molar-refractivity contribution in [2.45, 2.75) is 18.7 Å². The van der Waals surface area contributed by atoms with Gasteiger partial charge in [-0.15, -0.1) is 0 Å². The van der Waals surface area contributed by atoms with Gasteiger partial charge in [-0.25, -0.2) is 17.6 Å². The van der Waals surface area contributed by atoms with Crippen molar-refractivity contribution in [2.75, 3.05) is 13.1 Å². The van der Waals surface area contributed by atoms with E-state index in [-0.39, 0.29) is 18.1 Å². The SMILES string of the molecule is C=C(C)CN(CC)S(=O)(=O)c1cc(Cl)cc(C(=O)O)c1F. The van der Waals surface area contributed by atoms with Crippen LogP contribution in [0.1, 0.15) is 24.2 Å². The third-order valence-electron chi connectivity index (χ3n) is 2.65. The Morgan fingerprint density at radius 2 is 2.05 bits per heavy atom. The lowest BCUT2D eigenvalue weighted by atomic mass is 10.2. The number of hydrogen-bond acceptors (Lipinski definition) is 3. The third-order valence-corrected chi connectivity index (χ3v) is 4.79. The molecule has 0 heterocycles. The molecule has 0 spiro atoms. The van der Waals surface area contributed by atoms with Gasteiger partial charge in [-0.3, -0.25) is 0 Å². The quantitative estimate of drug-likeness (QED) is 0.811. The van der Waals surface area contributed by atoms with Crippen LogP contribution in [0.2, 0.25) is 5.02 Å². The Labute approximate surface area is 127 Å². The van der Waals surface area contributed by atoms with Gasteiger partial charge >= 0.3 is 5.97 Å². The molecule has 1 aromatic carbocycles. The van der Waals surface area contributed by atoms with Gasteiger partial charge in [0.1, 0.15) is 4.90 Å². The highest BCUT2D eigenvalue weighted by atomic mass is 35.5. The molecule has 21 heavy (non-hydrogen) atoms. The second-order valence-corrected chi connectivity index (χ2v) is 6.80. The smallest absolute Gasteiger partial charge is 0.338 e. The van der Waals surface area contributed by atoms with Gasteiger partial charge in [-0.2, -0.15) is 4.31 Å². The Morgan fingerprint density at radius 3 is 2.48 bits per heavy atom. The Bertz CT molecular complexity index is 688. The average molecular weight is 336 g/mol. The third kappa shape index (κ3) is 3.81. The number of halogens is 2. The molecule has 0 bridgehead atoms. The summed E-state index contributed by atoms with van der Waals surface area (Å²) in [5, 5.41) is 8.73. The number of aromatic carboxylic acids is 1. The topological polar surface area (TPSA) is 74.7 Å². The molecule has 0 aliphatic carbocycles. The highest BCUT2D eigenvalue weighted by molar-refractivity contribution is 7.89. The molecule has 5 nitrogen and oxygen atoms in total. The summed E-state index contributed by atoms with van der Waals surface area (Å²) < 4.78 is 40.0. The molecule has 1 aromatic rings. The number of rotatable bonds is 6. The molecule has 0 unspecified atom stereocenters. The Hall–Kier alpha value is -1.44. The summed E-state index contributed by atoms with van der Waals surface area (Å²) in [5.41, 5.74) is -0.214. The van der Waals surface area contributed by atoms with E-state index in [4.69, 9.17) is 16.7 Å². The number of carboxylic acid groups (broad SMARTS) is 1. The van der Waals surface area contributed by atoms with Crippen LogP contribution in [0.3, 0.4) is 0 Å². The summed E-state index contributed by atoms with van der Waals surface area (Å²) >= 11 is 5.70. The van der Waals surface area contributed by atoms with Crippen molar-refractivity contribution in [1.29, 1.82) is 0 Å². The molecule has 0 saturated carbocycles. The van der Waals surface area contributed by atoms with Crippen molar-refractivity contribution in [1.82, 2.24) is 4.31 Å². The summed E-state index contributed by atoms with van der Waals surface area (Å²) in [7, 11) is -4.21. The van der Waals surface area contributed by atoms with Crippen LogP contribution >= 0.6 is 11.6 Å². The predicted octanol–water partition coefficient (Wildman–Crippen LogP) is 2.76. The van der Waals surface area contributed by atoms with Crippen LogP contribution in [0.4, 0.5) is 4.39 Å². The molecular formula is C13H15ClFNO4S. The van der Waals surface area contributed by atoms with E-state index in [0.717, 1.165) is 16.4 Å². The average Bonchev–Trinajstić information content (AvgIpc) is 2.37. The molecule has 116 valence electrons. The van der Waals surface area contributed by atoms with Crippen LogP contribution in [0, 0.1) is 5.82 Å². The molecule has 0 aliphatic heterocycles. The summed E-state index contributed by atoms with van der Waals surface area (Å²) in [5.74, 6) is -2.92. The summed E-state index contributed by atoms with van der Waals surface area (Å²) in [6.07, 6.45) is 0. The van der Waals surface area contributed by atoms with E-state index in [9.17, 15) is 17.6 Å². The maximum Gasteiger partial charge on any atom is 0.338 e. The molecule has 0 saturated heterocycles. The minimum absolute atomic E-state index is 0.00713. The first-order valence-corrected chi connectivity index (χ1v) is 7.80. The number of likely N-dealkylation sites (N-methyl/N-ethyl adjacent to an activating group) is 1. The van der Waals surface area contributed by atoms with Gasteiger partial charge in [0.15, 0.2) is 5.82 Å². The molecule has 1 rings (SSSR count). The number of benzene rings is 1. The molecule has 0 aromatic heterocycles. The van der Waals surface area contributed by atoms with Crippen molar-refractivity contribution in [3.63, 3.8) is 0 Å². The van der Waals surface area contributed by atoms with Gasteiger partial charge in [0.2, 0.25) is 10.0 Å². The van der Waals surface area contributed by atoms with Crippen LogP contribution in [-0.4, -0.2) is 36.9 Å². The monoisotopic (exact) mass is 335 g/mol. The van der Waals surface area contributed by atoms with Crippen molar-refractivity contribution < 1.29 is 22.7 Å². The summed E-state index contributed by atoms with van der Waals surface area (Å²) in [6, 6.07) is 1.77. The number of hydrogen-bond donors (Lipinski definition) is 1. The molecule has 0 radical (unpaired) electrons. The molecule has 0 amide bonds. The molecular weight excluding hydrogens is 321 g/mol. The van der Waals surface area contributed by atoms with Crippen molar-refractivity contribution in [3.8, 4) is 0 Å². The minimum atomic E-state index is -4.21. The van der Waals surface area contributed by atoms with E-state index in [2.05, 4.69) is 6.58 Å². The Kier molecular flexibility index (Phi) is 5.49. The fourth-order valence-electron chi connectivity index (χ4n) is 1.71. The van der Waals surface area contributed by atoms with E-state index in [1.165, 1.54) is 0 Å². The fourth-order valence-corrected chi connectivity index (χ4v) is 3.62. The normalized spacial score (nSPS) is 11.7. The number of nitrogens with zero attached hydrogens (tertiary/aromatic N) is 1. The predicted molar refractivity (Wildman–Crippen MR) is 77.6 cm³/mol. The van der Waals surface area contributed by atoms with Crippen molar-refractivity contribution in [3.05, 3.63) is 40.7 Å². The van der Waals surface area contributed by atoms with Crippen molar-refractivity contribution >= 4 is 27.6 Å². The van der Waals surface area contributed by atoms with Gasteiger partial charge < -0.3 is 5.11 Å². The first-order chi connectivity index (χ1) is 9.61. The lowest BCUT2D eigenvalue weighted by Crippen LogP contribution is -2.33. The molecule has 0 fully saturated rings. The van der Waals surface area contributed by atoms with Gasteiger partial charge in [0.25, 0.3) is 0 Å². The lowest BCUT2D eigenvalue weighted by Gasteiger charge is -2.21. The summed E-state index contributed by atoms with van der Waals surface area (Å²) in [4.78, 5) is 10.2. The van der Waals surface area contributed by atoms with E-state index < -0.39 is 32.3 Å². The maximum atomic E-state index is 14.2. The van der Waals surface area contributed by atoms with E-state index >= 15 is 0 Å². The van der Waals surface area contributed by atoms with Crippen LogP contribution < -0.4 is 0 Å². The molecule has 1 N–H and O–H groups in total. The number of carbonyl (C=O) groups is 1. The number of carboxylic acids is 1. The standard InChI is InChI=1S/C13H15ClFNO4S/c1-4-16(7-8(2)3)21(19,20)11-6-9(14)5-10(12(11)15)13(17)18/h5-6H,2,4,7H2,1,3H3,(H,17,18). The highest BCUT2D eigenvalue weighted by Gasteiger charge is 2.29. The fraction of sp³-hybridized carbons (Fsp3) is 0.308. The lowest BCUT2D eigenvalue weighted by molar-refractivity contribution is 0.0691. The Balaban J connectivity index is 3.50. The maximum absolute atomic E-state index is 14.2. The zero-order valence-corrected chi connectivity index (χ0v) is 13.1. The minimum Gasteiger partial charge on any atom is -0.478 e. The second kappa shape index (κ2) is 6.55.